The molecule has 0 amide bonds. The lowest BCUT2D eigenvalue weighted by Crippen LogP contribution is -2.14. The summed E-state index contributed by atoms with van der Waals surface area (Å²) in [6, 6.07) is 10.3. The molecule has 0 saturated heterocycles. The Kier molecular flexibility index (Phi) is 5.74. The van der Waals surface area contributed by atoms with E-state index in [1.54, 1.807) is 0 Å². The molecule has 2 rings (SSSR count). The minimum absolute atomic E-state index is 0.200. The summed E-state index contributed by atoms with van der Waals surface area (Å²) in [6.45, 7) is 6.24. The summed E-state index contributed by atoms with van der Waals surface area (Å²) in [4.78, 5) is 0. The first-order valence-electron chi connectivity index (χ1n) is 7.43. The minimum atomic E-state index is 0.200. The first-order valence-corrected chi connectivity index (χ1v) is 7.43. The molecule has 1 atom stereocenters. The van der Waals surface area contributed by atoms with Crippen molar-refractivity contribution < 1.29 is 4.42 Å². The van der Waals surface area contributed by atoms with Crippen LogP contribution >= 0.6 is 0 Å². The maximum Gasteiger partial charge on any atom is 0.223 e. The van der Waals surface area contributed by atoms with Crippen molar-refractivity contribution in [2.45, 2.75) is 39.0 Å². The number of hydrogen-bond donors (Lipinski definition) is 1. The molecule has 0 spiro atoms. The second-order valence-electron chi connectivity index (χ2n) is 4.86. The molecule has 0 radical (unpaired) electrons. The van der Waals surface area contributed by atoms with Gasteiger partial charge < -0.3 is 9.73 Å². The summed E-state index contributed by atoms with van der Waals surface area (Å²) in [5, 5.41) is 11.7. The van der Waals surface area contributed by atoms with E-state index in [1.165, 1.54) is 5.56 Å². The predicted molar refractivity (Wildman–Crippen MR) is 79.7 cm³/mol. The van der Waals surface area contributed by atoms with E-state index in [0.29, 0.717) is 0 Å². The van der Waals surface area contributed by atoms with Crippen molar-refractivity contribution in [3.05, 3.63) is 47.7 Å². The van der Waals surface area contributed by atoms with Crippen molar-refractivity contribution in [3.8, 4) is 0 Å². The van der Waals surface area contributed by atoms with Gasteiger partial charge in [-0.3, -0.25) is 0 Å². The lowest BCUT2D eigenvalue weighted by molar-refractivity contribution is 0.423. The molecular weight excluding hydrogens is 250 g/mol. The Morgan fingerprint density at radius 3 is 2.65 bits per heavy atom. The molecule has 1 N–H and O–H groups in total. The van der Waals surface area contributed by atoms with Crippen LogP contribution in [-0.2, 0) is 6.42 Å². The molecule has 0 bridgehead atoms. The van der Waals surface area contributed by atoms with Crippen molar-refractivity contribution in [2.24, 2.45) is 0 Å². The minimum Gasteiger partial charge on any atom is -0.425 e. The normalized spacial score (nSPS) is 12.5. The van der Waals surface area contributed by atoms with Gasteiger partial charge in [0, 0.05) is 6.42 Å². The number of nitrogens with zero attached hydrogens (tertiary/aromatic N) is 2. The average molecular weight is 273 g/mol. The zero-order valence-electron chi connectivity index (χ0n) is 12.3. The van der Waals surface area contributed by atoms with Crippen LogP contribution in [0.5, 0.6) is 0 Å². The van der Waals surface area contributed by atoms with Gasteiger partial charge in [0.05, 0.1) is 5.92 Å². The van der Waals surface area contributed by atoms with E-state index in [1.807, 2.05) is 18.2 Å². The number of rotatable bonds is 8. The van der Waals surface area contributed by atoms with Crippen LogP contribution < -0.4 is 5.32 Å². The van der Waals surface area contributed by atoms with Crippen molar-refractivity contribution in [1.29, 1.82) is 0 Å². The average Bonchev–Trinajstić information content (AvgIpc) is 2.94. The summed E-state index contributed by atoms with van der Waals surface area (Å²) in [5.74, 6) is 1.68. The first-order chi connectivity index (χ1) is 9.85. The standard InChI is InChI=1S/C16H23N3O/c1-3-14(13-9-6-5-7-10-13)16-19-18-15(20-16)11-8-12-17-4-2/h5-7,9-10,14,17H,3-4,8,11-12H2,1-2H3. The SMILES string of the molecule is CCNCCCc1nnc(C(CC)c2ccccc2)o1. The molecule has 108 valence electrons. The van der Waals surface area contributed by atoms with Gasteiger partial charge >= 0.3 is 0 Å². The predicted octanol–water partition coefficient (Wildman–Crippen LogP) is 3.15. The maximum atomic E-state index is 5.82. The monoisotopic (exact) mass is 273 g/mol. The van der Waals surface area contributed by atoms with E-state index in [4.69, 9.17) is 4.42 Å². The van der Waals surface area contributed by atoms with Gasteiger partial charge in [0.1, 0.15) is 0 Å². The third kappa shape index (κ3) is 3.90. The van der Waals surface area contributed by atoms with E-state index in [-0.39, 0.29) is 5.92 Å². The van der Waals surface area contributed by atoms with E-state index in [0.717, 1.165) is 44.1 Å². The maximum absolute atomic E-state index is 5.82. The zero-order chi connectivity index (χ0) is 14.2. The fourth-order valence-corrected chi connectivity index (χ4v) is 2.29. The molecule has 4 nitrogen and oxygen atoms in total. The van der Waals surface area contributed by atoms with Gasteiger partial charge in [-0.15, -0.1) is 10.2 Å². The van der Waals surface area contributed by atoms with Crippen molar-refractivity contribution >= 4 is 0 Å². The van der Waals surface area contributed by atoms with E-state index in [2.05, 4.69) is 41.5 Å². The fourth-order valence-electron chi connectivity index (χ4n) is 2.29. The highest BCUT2D eigenvalue weighted by Crippen LogP contribution is 2.26. The fraction of sp³-hybridized carbons (Fsp3) is 0.500. The van der Waals surface area contributed by atoms with E-state index >= 15 is 0 Å². The van der Waals surface area contributed by atoms with Crippen LogP contribution in [0.4, 0.5) is 0 Å². The van der Waals surface area contributed by atoms with Crippen LogP contribution in [0, 0.1) is 0 Å². The first kappa shape index (κ1) is 14.7. The summed E-state index contributed by atoms with van der Waals surface area (Å²) in [6.07, 6.45) is 2.83. The van der Waals surface area contributed by atoms with Gasteiger partial charge in [0.15, 0.2) is 0 Å². The molecule has 2 aromatic rings. The molecule has 1 aromatic heterocycles. The Balaban J connectivity index is 1.99. The molecule has 4 heteroatoms. The highest BCUT2D eigenvalue weighted by atomic mass is 16.4. The van der Waals surface area contributed by atoms with E-state index in [9.17, 15) is 0 Å². The van der Waals surface area contributed by atoms with Crippen molar-refractivity contribution in [3.63, 3.8) is 0 Å². The summed E-state index contributed by atoms with van der Waals surface area (Å²) in [5.41, 5.74) is 1.23. The Labute approximate surface area is 120 Å². The Morgan fingerprint density at radius 1 is 1.15 bits per heavy atom. The number of nitrogens with one attached hydrogen (secondary N) is 1. The van der Waals surface area contributed by atoms with E-state index < -0.39 is 0 Å². The van der Waals surface area contributed by atoms with Gasteiger partial charge in [0.2, 0.25) is 11.8 Å². The van der Waals surface area contributed by atoms with Crippen LogP contribution in [0.25, 0.3) is 0 Å². The van der Waals surface area contributed by atoms with Crippen LogP contribution in [0.3, 0.4) is 0 Å². The molecule has 0 aliphatic rings. The quantitative estimate of drug-likeness (QED) is 0.751. The molecule has 0 aliphatic carbocycles. The molecule has 0 aliphatic heterocycles. The zero-order valence-corrected chi connectivity index (χ0v) is 12.3. The second kappa shape index (κ2) is 7.80. The topological polar surface area (TPSA) is 51.0 Å². The number of hydrogen-bond acceptors (Lipinski definition) is 4. The van der Waals surface area contributed by atoms with Gasteiger partial charge in [-0.1, -0.05) is 44.2 Å². The van der Waals surface area contributed by atoms with Crippen LogP contribution in [0.15, 0.2) is 34.7 Å². The van der Waals surface area contributed by atoms with Crippen LogP contribution in [0.2, 0.25) is 0 Å². The molecule has 0 fully saturated rings. The Morgan fingerprint density at radius 2 is 1.95 bits per heavy atom. The molecule has 1 heterocycles. The summed E-state index contributed by atoms with van der Waals surface area (Å²) >= 11 is 0. The number of benzene rings is 1. The summed E-state index contributed by atoms with van der Waals surface area (Å²) < 4.78 is 5.82. The lowest BCUT2D eigenvalue weighted by atomic mass is 9.97. The largest absolute Gasteiger partial charge is 0.425 e. The third-order valence-electron chi connectivity index (χ3n) is 3.38. The molecule has 20 heavy (non-hydrogen) atoms. The third-order valence-corrected chi connectivity index (χ3v) is 3.38. The smallest absolute Gasteiger partial charge is 0.223 e. The van der Waals surface area contributed by atoms with Gasteiger partial charge in [-0.05, 0) is 31.5 Å². The molecular formula is C16H23N3O. The van der Waals surface area contributed by atoms with Crippen molar-refractivity contribution in [1.82, 2.24) is 15.5 Å². The van der Waals surface area contributed by atoms with Crippen molar-refractivity contribution in [2.75, 3.05) is 13.1 Å². The number of aromatic nitrogens is 2. The molecule has 0 saturated carbocycles. The number of aryl methyl sites for hydroxylation is 1. The van der Waals surface area contributed by atoms with Gasteiger partial charge in [-0.25, -0.2) is 0 Å². The van der Waals surface area contributed by atoms with Crippen LogP contribution in [0.1, 0.15) is 50.0 Å². The Hall–Kier alpha value is -1.68. The highest BCUT2D eigenvalue weighted by molar-refractivity contribution is 5.24. The van der Waals surface area contributed by atoms with Crippen LogP contribution in [-0.4, -0.2) is 23.3 Å². The summed E-state index contributed by atoms with van der Waals surface area (Å²) in [7, 11) is 0. The molecule has 1 unspecified atom stereocenters. The van der Waals surface area contributed by atoms with Gasteiger partial charge in [-0.2, -0.15) is 0 Å². The Bertz CT molecular complexity index is 495. The lowest BCUT2D eigenvalue weighted by Gasteiger charge is -2.10. The highest BCUT2D eigenvalue weighted by Gasteiger charge is 2.18. The van der Waals surface area contributed by atoms with Gasteiger partial charge in [0.25, 0.3) is 0 Å². The molecule has 1 aromatic carbocycles. The second-order valence-corrected chi connectivity index (χ2v) is 4.86.